The first-order chi connectivity index (χ1) is 6.81. The van der Waals surface area contributed by atoms with Crippen molar-refractivity contribution in [2.75, 3.05) is 7.11 Å². The van der Waals surface area contributed by atoms with Gasteiger partial charge in [-0.15, -0.1) is 0 Å². The minimum absolute atomic E-state index is 0.0434. The van der Waals surface area contributed by atoms with Crippen molar-refractivity contribution in [2.45, 2.75) is 43.0 Å². The minimum atomic E-state index is -0.161. The summed E-state index contributed by atoms with van der Waals surface area (Å²) in [6.45, 7) is 4.73. The molecule has 2 unspecified atom stereocenters. The molecule has 0 radical (unpaired) electrons. The predicted octanol–water partition coefficient (Wildman–Crippen LogP) is 2.93. The van der Waals surface area contributed by atoms with Crippen molar-refractivity contribution >= 4 is 28.6 Å². The summed E-state index contributed by atoms with van der Waals surface area (Å²) in [7, 11) is 1.53. The fraction of sp³-hybridized carbons (Fsp3) is 0.917. The molecule has 4 bridgehead atoms. The number of rotatable bonds is 1. The highest BCUT2D eigenvalue weighted by molar-refractivity contribution is 14.1. The number of halogens is 1. The highest BCUT2D eigenvalue weighted by atomic mass is 127. The van der Waals surface area contributed by atoms with Crippen LogP contribution < -0.4 is 0 Å². The normalized spacial score (nSPS) is 60.3. The topological polar surface area (TPSA) is 26.3 Å². The summed E-state index contributed by atoms with van der Waals surface area (Å²) in [5, 5.41) is 0. The molecule has 4 aliphatic rings. The summed E-state index contributed by atoms with van der Waals surface area (Å²) in [6, 6.07) is 0. The zero-order valence-corrected chi connectivity index (χ0v) is 11.7. The van der Waals surface area contributed by atoms with Crippen molar-refractivity contribution in [3.8, 4) is 0 Å². The van der Waals surface area contributed by atoms with Gasteiger partial charge in [0.1, 0.15) is 0 Å². The first-order valence-electron chi connectivity index (χ1n) is 5.58. The third-order valence-corrected chi connectivity index (χ3v) is 7.41. The van der Waals surface area contributed by atoms with Crippen LogP contribution >= 0.6 is 22.6 Å². The Balaban J connectivity index is 2.14. The minimum Gasteiger partial charge on any atom is -0.469 e. The monoisotopic (exact) mass is 320 g/mol. The van der Waals surface area contributed by atoms with Gasteiger partial charge < -0.3 is 4.74 Å². The molecule has 0 N–H and O–H groups in total. The van der Waals surface area contributed by atoms with Crippen LogP contribution in [0.3, 0.4) is 0 Å². The second-order valence-corrected chi connectivity index (χ2v) is 8.43. The first kappa shape index (κ1) is 10.4. The Labute approximate surface area is 104 Å². The maximum atomic E-state index is 12.1. The predicted molar refractivity (Wildman–Crippen MR) is 65.9 cm³/mol. The lowest BCUT2D eigenvalue weighted by molar-refractivity contribution is -0.152. The number of methoxy groups -OCH3 is 1. The Morgan fingerprint density at radius 2 is 1.60 bits per heavy atom. The summed E-state index contributed by atoms with van der Waals surface area (Å²) in [4.78, 5) is 12.1. The summed E-state index contributed by atoms with van der Waals surface area (Å²) in [6.07, 6.45) is 4.50. The number of alkyl halides is 1. The number of carbonyl (C=O) groups excluding carboxylic acids is 1. The molecule has 84 valence electrons. The zero-order valence-electron chi connectivity index (χ0n) is 9.52. The van der Waals surface area contributed by atoms with Crippen molar-refractivity contribution in [3.05, 3.63) is 0 Å². The largest absolute Gasteiger partial charge is 0.469 e. The molecule has 0 aromatic rings. The van der Waals surface area contributed by atoms with Crippen LogP contribution in [0.2, 0.25) is 0 Å². The fourth-order valence-electron chi connectivity index (χ4n) is 4.85. The van der Waals surface area contributed by atoms with E-state index in [-0.39, 0.29) is 14.8 Å². The smallest absolute Gasteiger partial charge is 0.313 e. The van der Waals surface area contributed by atoms with E-state index in [0.29, 0.717) is 10.8 Å². The van der Waals surface area contributed by atoms with Crippen LogP contribution in [0.1, 0.15) is 39.5 Å². The number of hydrogen-bond donors (Lipinski definition) is 0. The van der Waals surface area contributed by atoms with Gasteiger partial charge in [0.2, 0.25) is 0 Å². The van der Waals surface area contributed by atoms with E-state index in [1.165, 1.54) is 20.0 Å². The third-order valence-electron chi connectivity index (χ3n) is 5.62. The summed E-state index contributed by atoms with van der Waals surface area (Å²) < 4.78 is 5.25. The van der Waals surface area contributed by atoms with Crippen LogP contribution in [-0.4, -0.2) is 16.5 Å². The van der Waals surface area contributed by atoms with Crippen LogP contribution in [0.4, 0.5) is 0 Å². The number of carbonyl (C=O) groups is 1. The highest BCUT2D eigenvalue weighted by Crippen LogP contribution is 2.85. The van der Waals surface area contributed by atoms with Gasteiger partial charge in [-0.25, -0.2) is 0 Å². The molecular weight excluding hydrogens is 303 g/mol. The lowest BCUT2D eigenvalue weighted by Gasteiger charge is -2.33. The van der Waals surface area contributed by atoms with Crippen LogP contribution in [0.25, 0.3) is 0 Å². The van der Waals surface area contributed by atoms with Crippen LogP contribution in [-0.2, 0) is 9.53 Å². The summed E-state index contributed by atoms with van der Waals surface area (Å²) >= 11 is 2.55. The van der Waals surface area contributed by atoms with E-state index in [4.69, 9.17) is 4.74 Å². The van der Waals surface area contributed by atoms with E-state index < -0.39 is 0 Å². The molecule has 15 heavy (non-hydrogen) atoms. The van der Waals surface area contributed by atoms with Gasteiger partial charge in [0.05, 0.1) is 12.5 Å². The van der Waals surface area contributed by atoms with Gasteiger partial charge >= 0.3 is 5.97 Å². The van der Waals surface area contributed by atoms with Crippen LogP contribution in [0, 0.1) is 16.2 Å². The van der Waals surface area contributed by atoms with Gasteiger partial charge in [-0.1, -0.05) is 36.4 Å². The van der Waals surface area contributed by atoms with E-state index in [9.17, 15) is 4.79 Å². The molecule has 4 aliphatic carbocycles. The van der Waals surface area contributed by atoms with E-state index in [2.05, 4.69) is 36.4 Å². The highest BCUT2D eigenvalue weighted by Gasteiger charge is 2.82. The van der Waals surface area contributed by atoms with Crippen LogP contribution in [0.5, 0.6) is 0 Å². The molecule has 4 rings (SSSR count). The van der Waals surface area contributed by atoms with Gasteiger partial charge in [0.25, 0.3) is 0 Å². The van der Waals surface area contributed by atoms with Gasteiger partial charge in [0, 0.05) is 3.42 Å². The van der Waals surface area contributed by atoms with E-state index in [1.807, 2.05) is 0 Å². The lowest BCUT2D eigenvalue weighted by Crippen LogP contribution is -2.41. The number of esters is 1. The molecule has 0 spiro atoms. The maximum Gasteiger partial charge on any atom is 0.313 e. The molecule has 0 heterocycles. The molecule has 0 aromatic carbocycles. The Hall–Kier alpha value is 0.200. The Morgan fingerprint density at radius 3 is 1.87 bits per heavy atom. The fourth-order valence-corrected chi connectivity index (χ4v) is 7.14. The zero-order chi connectivity index (χ0) is 11.1. The Kier molecular flexibility index (Phi) is 1.65. The SMILES string of the molecule is COC(=O)C12CC3(C)CC1(I)CC3(C)C2. The first-order valence-corrected chi connectivity index (χ1v) is 6.66. The molecule has 2 atom stereocenters. The van der Waals surface area contributed by atoms with Gasteiger partial charge in [-0.05, 0) is 36.5 Å². The van der Waals surface area contributed by atoms with Crippen molar-refractivity contribution in [1.82, 2.24) is 0 Å². The molecule has 0 aromatic heterocycles. The van der Waals surface area contributed by atoms with Crippen molar-refractivity contribution in [3.63, 3.8) is 0 Å². The average Bonchev–Trinajstić information content (AvgIpc) is 2.60. The van der Waals surface area contributed by atoms with Gasteiger partial charge in [-0.3, -0.25) is 4.79 Å². The lowest BCUT2D eigenvalue weighted by atomic mass is 9.71. The average molecular weight is 320 g/mol. The molecule has 0 saturated heterocycles. The second-order valence-electron chi connectivity index (χ2n) is 6.37. The summed E-state index contributed by atoms with van der Waals surface area (Å²) in [5.74, 6) is 0.0434. The van der Waals surface area contributed by atoms with Gasteiger partial charge in [0.15, 0.2) is 0 Å². The van der Waals surface area contributed by atoms with Crippen LogP contribution in [0.15, 0.2) is 0 Å². The van der Waals surface area contributed by atoms with Gasteiger partial charge in [-0.2, -0.15) is 0 Å². The van der Waals surface area contributed by atoms with E-state index in [1.54, 1.807) is 0 Å². The van der Waals surface area contributed by atoms with Crippen molar-refractivity contribution < 1.29 is 9.53 Å². The van der Waals surface area contributed by atoms with E-state index in [0.717, 1.165) is 12.8 Å². The molecule has 3 heteroatoms. The molecule has 4 saturated carbocycles. The molecular formula is C12H17IO2. The van der Waals surface area contributed by atoms with E-state index >= 15 is 0 Å². The Bertz CT molecular complexity index is 345. The van der Waals surface area contributed by atoms with Crippen molar-refractivity contribution in [2.24, 2.45) is 16.2 Å². The molecule has 2 nitrogen and oxygen atoms in total. The maximum absolute atomic E-state index is 12.1. The molecule has 0 aliphatic heterocycles. The van der Waals surface area contributed by atoms with Crippen molar-refractivity contribution in [1.29, 1.82) is 0 Å². The molecule has 4 fully saturated rings. The Morgan fingerprint density at radius 1 is 1.13 bits per heavy atom. The summed E-state index contributed by atoms with van der Waals surface area (Å²) in [5.41, 5.74) is 0.594. The number of hydrogen-bond acceptors (Lipinski definition) is 2. The second kappa shape index (κ2) is 2.39. The molecule has 0 amide bonds. The number of ether oxygens (including phenoxy) is 1. The third kappa shape index (κ3) is 0.839. The quantitative estimate of drug-likeness (QED) is 0.422. The standard InChI is InChI=1S/C12H17IO2/c1-9-4-11(8(14)15-3)5-10(9,2)7-12(11,13)6-9/h4-7H2,1-3H3.